The maximum atomic E-state index is 13.3. The summed E-state index contributed by atoms with van der Waals surface area (Å²) in [6.45, 7) is 8.55. The molecule has 156 valence electrons. The minimum Gasteiger partial charge on any atom is -0.352 e. The molecule has 4 nitrogen and oxygen atoms in total. The van der Waals surface area contributed by atoms with Crippen molar-refractivity contribution in [3.05, 3.63) is 71.3 Å². The molecule has 0 aliphatic rings. The molecule has 2 atom stereocenters. The van der Waals surface area contributed by atoms with Crippen LogP contribution in [0.5, 0.6) is 0 Å². The molecule has 1 N–H and O–H groups in total. The van der Waals surface area contributed by atoms with Crippen LogP contribution in [0.1, 0.15) is 50.3 Å². The first-order valence-electron chi connectivity index (χ1n) is 10.6. The number of nitrogens with zero attached hydrogens (tertiary/aromatic N) is 1. The van der Waals surface area contributed by atoms with Gasteiger partial charge in [0.1, 0.15) is 6.04 Å². The molecule has 0 radical (unpaired) electrons. The third kappa shape index (κ3) is 6.74. The Hall–Kier alpha value is -2.62. The van der Waals surface area contributed by atoms with Gasteiger partial charge in [0.2, 0.25) is 11.8 Å². The van der Waals surface area contributed by atoms with E-state index in [-0.39, 0.29) is 17.9 Å². The largest absolute Gasteiger partial charge is 0.352 e. The van der Waals surface area contributed by atoms with Crippen molar-refractivity contribution in [3.8, 4) is 0 Å². The second kappa shape index (κ2) is 11.4. The molecule has 4 heteroatoms. The van der Waals surface area contributed by atoms with Crippen LogP contribution in [0.3, 0.4) is 0 Å². The van der Waals surface area contributed by atoms with Gasteiger partial charge >= 0.3 is 0 Å². The van der Waals surface area contributed by atoms with Crippen molar-refractivity contribution in [1.82, 2.24) is 10.2 Å². The number of amides is 2. The highest BCUT2D eigenvalue weighted by Crippen LogP contribution is 2.14. The highest BCUT2D eigenvalue weighted by molar-refractivity contribution is 5.88. The van der Waals surface area contributed by atoms with Gasteiger partial charge in [-0.1, -0.05) is 68.4 Å². The van der Waals surface area contributed by atoms with Crippen LogP contribution in [0.4, 0.5) is 0 Å². The third-order valence-electron chi connectivity index (χ3n) is 5.47. The zero-order valence-electron chi connectivity index (χ0n) is 18.2. The number of carbonyl (C=O) groups excluding carboxylic acids is 2. The normalized spacial score (nSPS) is 12.8. The fraction of sp³-hybridized carbons (Fsp3) is 0.440. The van der Waals surface area contributed by atoms with Crippen molar-refractivity contribution < 1.29 is 9.59 Å². The lowest BCUT2D eigenvalue weighted by molar-refractivity contribution is -0.140. The summed E-state index contributed by atoms with van der Waals surface area (Å²) >= 11 is 0. The van der Waals surface area contributed by atoms with Crippen LogP contribution in [-0.2, 0) is 22.4 Å². The van der Waals surface area contributed by atoms with E-state index in [1.807, 2.05) is 70.2 Å². The molecule has 2 amide bonds. The standard InChI is InChI=1S/C25H34N2O2/c1-5-20(4)26-25(29)23(6-2)27(17-16-21-13-8-7-9-14-21)24(28)18-22-15-11-10-12-19(22)3/h7-15,20,23H,5-6,16-18H2,1-4H3,(H,26,29)/t20-,23+/m0/s1. The minimum atomic E-state index is -0.454. The van der Waals surface area contributed by atoms with Gasteiger partial charge in [-0.2, -0.15) is 0 Å². The minimum absolute atomic E-state index is 0.00128. The van der Waals surface area contributed by atoms with Crippen LogP contribution in [0.15, 0.2) is 54.6 Å². The van der Waals surface area contributed by atoms with Gasteiger partial charge in [-0.3, -0.25) is 9.59 Å². The SMILES string of the molecule is CC[C@H](C(=O)N[C@@H](C)CC)N(CCc1ccccc1)C(=O)Cc1ccccc1C. The Morgan fingerprint density at radius 2 is 1.62 bits per heavy atom. The number of carbonyl (C=O) groups is 2. The van der Waals surface area contributed by atoms with E-state index in [1.165, 1.54) is 5.56 Å². The molecule has 0 aliphatic carbocycles. The summed E-state index contributed by atoms with van der Waals surface area (Å²) in [6.07, 6.45) is 2.50. The Balaban J connectivity index is 2.21. The predicted octanol–water partition coefficient (Wildman–Crippen LogP) is 4.30. The summed E-state index contributed by atoms with van der Waals surface area (Å²) in [5, 5.41) is 3.06. The van der Waals surface area contributed by atoms with Gasteiger partial charge < -0.3 is 10.2 Å². The quantitative estimate of drug-likeness (QED) is 0.653. The van der Waals surface area contributed by atoms with Crippen molar-refractivity contribution >= 4 is 11.8 Å². The summed E-state index contributed by atoms with van der Waals surface area (Å²) in [6, 6.07) is 17.7. The van der Waals surface area contributed by atoms with E-state index in [9.17, 15) is 9.59 Å². The van der Waals surface area contributed by atoms with Crippen molar-refractivity contribution in [1.29, 1.82) is 0 Å². The Bertz CT molecular complexity index is 788. The van der Waals surface area contributed by atoms with E-state index in [0.29, 0.717) is 19.4 Å². The number of rotatable bonds is 10. The molecule has 0 spiro atoms. The Labute approximate surface area is 175 Å². The zero-order chi connectivity index (χ0) is 21.2. The lowest BCUT2D eigenvalue weighted by Gasteiger charge is -2.31. The summed E-state index contributed by atoms with van der Waals surface area (Å²) in [5.74, 6) is -0.0607. The van der Waals surface area contributed by atoms with Gasteiger partial charge in [0.05, 0.1) is 6.42 Å². The van der Waals surface area contributed by atoms with Crippen LogP contribution < -0.4 is 5.32 Å². The molecule has 0 saturated heterocycles. The number of aryl methyl sites for hydroxylation is 1. The van der Waals surface area contributed by atoms with Crippen LogP contribution in [0, 0.1) is 6.92 Å². The van der Waals surface area contributed by atoms with Crippen molar-refractivity contribution in [2.24, 2.45) is 0 Å². The van der Waals surface area contributed by atoms with Gasteiger partial charge in [0, 0.05) is 12.6 Å². The molecule has 0 saturated carbocycles. The smallest absolute Gasteiger partial charge is 0.243 e. The van der Waals surface area contributed by atoms with E-state index < -0.39 is 6.04 Å². The topological polar surface area (TPSA) is 49.4 Å². The molecule has 2 rings (SSSR count). The van der Waals surface area contributed by atoms with E-state index in [0.717, 1.165) is 24.0 Å². The van der Waals surface area contributed by atoms with Crippen molar-refractivity contribution in [2.75, 3.05) is 6.54 Å². The molecule has 0 aromatic heterocycles. The first kappa shape index (κ1) is 22.7. The number of hydrogen-bond donors (Lipinski definition) is 1. The van der Waals surface area contributed by atoms with Gasteiger partial charge in [-0.15, -0.1) is 0 Å². The van der Waals surface area contributed by atoms with E-state index in [2.05, 4.69) is 17.4 Å². The Morgan fingerprint density at radius 1 is 0.966 bits per heavy atom. The highest BCUT2D eigenvalue weighted by Gasteiger charge is 2.29. The van der Waals surface area contributed by atoms with Gasteiger partial charge in [0.15, 0.2) is 0 Å². The first-order valence-corrected chi connectivity index (χ1v) is 10.6. The van der Waals surface area contributed by atoms with Gasteiger partial charge in [-0.25, -0.2) is 0 Å². The summed E-state index contributed by atoms with van der Waals surface area (Å²) in [7, 11) is 0. The third-order valence-corrected chi connectivity index (χ3v) is 5.47. The average Bonchev–Trinajstić information content (AvgIpc) is 2.73. The summed E-state index contributed by atoms with van der Waals surface area (Å²) in [4.78, 5) is 28.0. The predicted molar refractivity (Wildman–Crippen MR) is 119 cm³/mol. The van der Waals surface area contributed by atoms with Crippen molar-refractivity contribution in [3.63, 3.8) is 0 Å². The molecule has 0 heterocycles. The fourth-order valence-corrected chi connectivity index (χ4v) is 3.41. The maximum Gasteiger partial charge on any atom is 0.243 e. The Kier molecular flexibility index (Phi) is 8.91. The second-order valence-corrected chi connectivity index (χ2v) is 7.67. The van der Waals surface area contributed by atoms with Crippen LogP contribution in [-0.4, -0.2) is 35.3 Å². The molecular weight excluding hydrogens is 360 g/mol. The first-order chi connectivity index (χ1) is 14.0. The van der Waals surface area contributed by atoms with E-state index >= 15 is 0 Å². The molecule has 2 aromatic carbocycles. The van der Waals surface area contributed by atoms with Crippen molar-refractivity contribution in [2.45, 2.75) is 65.5 Å². The lowest BCUT2D eigenvalue weighted by Crippen LogP contribution is -2.52. The monoisotopic (exact) mass is 394 g/mol. The van der Waals surface area contributed by atoms with Crippen LogP contribution >= 0.6 is 0 Å². The molecule has 0 fully saturated rings. The highest BCUT2D eigenvalue weighted by atomic mass is 16.2. The van der Waals surface area contributed by atoms with Crippen LogP contribution in [0.25, 0.3) is 0 Å². The maximum absolute atomic E-state index is 13.3. The number of benzene rings is 2. The number of hydrogen-bond acceptors (Lipinski definition) is 2. The van der Waals surface area contributed by atoms with E-state index in [4.69, 9.17) is 0 Å². The molecule has 2 aromatic rings. The van der Waals surface area contributed by atoms with E-state index in [1.54, 1.807) is 4.90 Å². The Morgan fingerprint density at radius 3 is 2.24 bits per heavy atom. The molecule has 29 heavy (non-hydrogen) atoms. The molecule has 0 aliphatic heterocycles. The second-order valence-electron chi connectivity index (χ2n) is 7.67. The van der Waals surface area contributed by atoms with Gasteiger partial charge in [0.25, 0.3) is 0 Å². The molecular formula is C25H34N2O2. The number of nitrogens with one attached hydrogen (secondary N) is 1. The molecule has 0 bridgehead atoms. The summed E-state index contributed by atoms with van der Waals surface area (Å²) in [5.41, 5.74) is 3.28. The van der Waals surface area contributed by atoms with Crippen LogP contribution in [0.2, 0.25) is 0 Å². The lowest BCUT2D eigenvalue weighted by atomic mass is 10.0. The van der Waals surface area contributed by atoms with Gasteiger partial charge in [-0.05, 0) is 49.8 Å². The molecule has 0 unspecified atom stereocenters. The average molecular weight is 395 g/mol. The summed E-state index contributed by atoms with van der Waals surface area (Å²) < 4.78 is 0. The zero-order valence-corrected chi connectivity index (χ0v) is 18.2. The fourth-order valence-electron chi connectivity index (χ4n) is 3.41.